The van der Waals surface area contributed by atoms with E-state index >= 15 is 0 Å². The van der Waals surface area contributed by atoms with Crippen molar-refractivity contribution < 1.29 is 13.2 Å². The van der Waals surface area contributed by atoms with Crippen LogP contribution in [0, 0.1) is 0 Å². The largest absolute Gasteiger partial charge is 0.405 e. The van der Waals surface area contributed by atoms with Crippen LogP contribution in [0.15, 0.2) is 0 Å². The predicted molar refractivity (Wildman–Crippen MR) is 29.2 cm³/mol. The van der Waals surface area contributed by atoms with Crippen LogP contribution in [0.25, 0.3) is 0 Å². The van der Waals surface area contributed by atoms with Crippen molar-refractivity contribution in [1.82, 2.24) is 10.4 Å². The molecule has 5 heteroatoms. The lowest BCUT2D eigenvalue weighted by Crippen LogP contribution is -2.40. The van der Waals surface area contributed by atoms with E-state index in [1.165, 1.54) is 7.05 Å². The molecule has 1 rings (SSSR count). The maximum atomic E-state index is 11.9. The zero-order valence-corrected chi connectivity index (χ0v) is 5.52. The average molecular weight is 153 g/mol. The lowest BCUT2D eigenvalue weighted by atomic mass is 10.2. The third kappa shape index (κ3) is 1.41. The van der Waals surface area contributed by atoms with E-state index in [0.29, 0.717) is 6.54 Å². The summed E-state index contributed by atoms with van der Waals surface area (Å²) in [7, 11) is 1.35. The normalized spacial score (nSPS) is 29.4. The summed E-state index contributed by atoms with van der Waals surface area (Å²) in [5, 5.41) is 0.986. The molecule has 1 saturated heterocycles. The third-order valence-corrected chi connectivity index (χ3v) is 1.55. The fraction of sp³-hybridized carbons (Fsp3) is 1.00. The molecule has 0 aromatic heterocycles. The monoisotopic (exact) mass is 153 g/mol. The quantitative estimate of drug-likeness (QED) is 0.502. The summed E-state index contributed by atoms with van der Waals surface area (Å²) in [5.41, 5.74) is 3.60. The average Bonchev–Trinajstić information content (AvgIpc) is 2.11. The van der Waals surface area contributed by atoms with E-state index in [0.717, 1.165) is 5.01 Å². The topological polar surface area (TPSA) is 17.3 Å². The minimum Gasteiger partial charge on any atom is -0.218 e. The van der Waals surface area contributed by atoms with Crippen LogP contribution < -0.4 is 5.43 Å². The molecule has 0 aromatic rings. The number of hydrogen-bond donors (Lipinski definition) is 0. The summed E-state index contributed by atoms with van der Waals surface area (Å²) in [5.74, 6) is 0. The van der Waals surface area contributed by atoms with Gasteiger partial charge in [-0.2, -0.15) is 18.6 Å². The molecule has 1 radical (unpaired) electrons. The van der Waals surface area contributed by atoms with Crippen LogP contribution in [0.5, 0.6) is 0 Å². The second-order valence-electron chi connectivity index (χ2n) is 2.28. The Morgan fingerprint density at radius 1 is 1.50 bits per heavy atom. The number of alkyl halides is 3. The second kappa shape index (κ2) is 2.39. The van der Waals surface area contributed by atoms with E-state index in [1.54, 1.807) is 0 Å². The summed E-state index contributed by atoms with van der Waals surface area (Å²) in [6.45, 7) is 0.292. The highest BCUT2D eigenvalue weighted by atomic mass is 19.4. The predicted octanol–water partition coefficient (Wildman–Crippen LogP) is 0.772. The van der Waals surface area contributed by atoms with Gasteiger partial charge < -0.3 is 0 Å². The smallest absolute Gasteiger partial charge is 0.218 e. The molecule has 1 aliphatic rings. The maximum Gasteiger partial charge on any atom is 0.405 e. The van der Waals surface area contributed by atoms with Gasteiger partial charge in [0, 0.05) is 13.6 Å². The molecule has 10 heavy (non-hydrogen) atoms. The van der Waals surface area contributed by atoms with E-state index in [9.17, 15) is 13.2 Å². The standard InChI is InChI=1S/C5H8F3N2/c1-10-4(2-3-9-10)5(6,7)8/h4H,2-3H2,1H3. The van der Waals surface area contributed by atoms with E-state index in [4.69, 9.17) is 0 Å². The molecule has 59 valence electrons. The third-order valence-electron chi connectivity index (χ3n) is 1.55. The highest BCUT2D eigenvalue weighted by Crippen LogP contribution is 2.28. The van der Waals surface area contributed by atoms with Gasteiger partial charge in [0.1, 0.15) is 6.04 Å². The molecule has 0 aromatic carbocycles. The fourth-order valence-corrected chi connectivity index (χ4v) is 0.999. The fourth-order valence-electron chi connectivity index (χ4n) is 0.999. The summed E-state index contributed by atoms with van der Waals surface area (Å²) < 4.78 is 35.7. The lowest BCUT2D eigenvalue weighted by Gasteiger charge is -2.19. The molecule has 1 aliphatic heterocycles. The van der Waals surface area contributed by atoms with Crippen LogP contribution in [0.3, 0.4) is 0 Å². The van der Waals surface area contributed by atoms with Crippen molar-refractivity contribution in [3.63, 3.8) is 0 Å². The molecule has 1 unspecified atom stereocenters. The van der Waals surface area contributed by atoms with E-state index < -0.39 is 12.2 Å². The first-order valence-electron chi connectivity index (χ1n) is 2.99. The zero-order valence-electron chi connectivity index (χ0n) is 5.52. The molecule has 0 spiro atoms. The van der Waals surface area contributed by atoms with Crippen LogP contribution in [-0.2, 0) is 0 Å². The summed E-state index contributed by atoms with van der Waals surface area (Å²) in [4.78, 5) is 0. The van der Waals surface area contributed by atoms with Crippen molar-refractivity contribution in [2.45, 2.75) is 18.6 Å². The van der Waals surface area contributed by atoms with Gasteiger partial charge in [-0.05, 0) is 6.42 Å². The first-order valence-corrected chi connectivity index (χ1v) is 2.99. The van der Waals surface area contributed by atoms with Crippen LogP contribution in [0.4, 0.5) is 13.2 Å². The van der Waals surface area contributed by atoms with Crippen molar-refractivity contribution in [2.75, 3.05) is 13.6 Å². The summed E-state index contributed by atoms with van der Waals surface area (Å²) in [6, 6.07) is -1.35. The second-order valence-corrected chi connectivity index (χ2v) is 2.28. The Kier molecular flexibility index (Phi) is 1.87. The van der Waals surface area contributed by atoms with Gasteiger partial charge in [-0.3, -0.25) is 0 Å². The maximum absolute atomic E-state index is 11.9. The summed E-state index contributed by atoms with van der Waals surface area (Å²) in [6.07, 6.45) is -4.02. The minimum atomic E-state index is -4.12. The molecule has 0 bridgehead atoms. The van der Waals surface area contributed by atoms with Crippen molar-refractivity contribution in [2.24, 2.45) is 0 Å². The van der Waals surface area contributed by atoms with Crippen molar-refractivity contribution in [3.05, 3.63) is 0 Å². The van der Waals surface area contributed by atoms with Crippen molar-refractivity contribution >= 4 is 0 Å². The van der Waals surface area contributed by atoms with E-state index in [1.807, 2.05) is 0 Å². The number of nitrogens with zero attached hydrogens (tertiary/aromatic N) is 2. The number of halogens is 3. The van der Waals surface area contributed by atoms with Crippen LogP contribution in [0.2, 0.25) is 0 Å². The minimum absolute atomic E-state index is 0.0972. The van der Waals surface area contributed by atoms with Gasteiger partial charge in [-0.1, -0.05) is 0 Å². The van der Waals surface area contributed by atoms with Gasteiger partial charge in [0.25, 0.3) is 0 Å². The SMILES string of the molecule is CN1[N]CCC1C(F)(F)F. The highest BCUT2D eigenvalue weighted by Gasteiger charge is 2.45. The first kappa shape index (κ1) is 7.81. The van der Waals surface area contributed by atoms with Crippen LogP contribution >= 0.6 is 0 Å². The van der Waals surface area contributed by atoms with Crippen LogP contribution in [-0.4, -0.2) is 30.8 Å². The molecule has 0 N–H and O–H groups in total. The van der Waals surface area contributed by atoms with E-state index in [-0.39, 0.29) is 6.42 Å². The van der Waals surface area contributed by atoms with Crippen molar-refractivity contribution in [1.29, 1.82) is 0 Å². The van der Waals surface area contributed by atoms with Gasteiger partial charge in [0.15, 0.2) is 0 Å². The van der Waals surface area contributed by atoms with Gasteiger partial charge >= 0.3 is 6.18 Å². The summed E-state index contributed by atoms with van der Waals surface area (Å²) >= 11 is 0. The Balaban J connectivity index is 2.55. The molecule has 0 aliphatic carbocycles. The molecule has 0 saturated carbocycles. The molecule has 1 atom stereocenters. The molecule has 1 fully saturated rings. The molecule has 1 heterocycles. The van der Waals surface area contributed by atoms with Gasteiger partial charge in [-0.15, -0.1) is 0 Å². The Morgan fingerprint density at radius 3 is 2.30 bits per heavy atom. The zero-order chi connectivity index (χ0) is 7.78. The van der Waals surface area contributed by atoms with Gasteiger partial charge in [0.05, 0.1) is 0 Å². The molecule has 0 amide bonds. The van der Waals surface area contributed by atoms with Gasteiger partial charge in [-0.25, -0.2) is 5.01 Å². The Labute approximate surface area is 57.0 Å². The number of rotatable bonds is 0. The Bertz CT molecular complexity index is 123. The Morgan fingerprint density at radius 2 is 2.10 bits per heavy atom. The lowest BCUT2D eigenvalue weighted by molar-refractivity contribution is -0.177. The van der Waals surface area contributed by atoms with E-state index in [2.05, 4.69) is 5.43 Å². The first-order chi connectivity index (χ1) is 4.52. The number of hydrogen-bond acceptors (Lipinski definition) is 1. The Hall–Kier alpha value is -0.290. The van der Waals surface area contributed by atoms with Crippen molar-refractivity contribution in [3.8, 4) is 0 Å². The van der Waals surface area contributed by atoms with Gasteiger partial charge in [0.2, 0.25) is 0 Å². The highest BCUT2D eigenvalue weighted by molar-refractivity contribution is 4.79. The van der Waals surface area contributed by atoms with Crippen LogP contribution in [0.1, 0.15) is 6.42 Å². The molecule has 2 nitrogen and oxygen atoms in total. The molecular formula is C5H8F3N2. The molecular weight excluding hydrogens is 145 g/mol.